The Labute approximate surface area is 173 Å². The SMILES string of the molecule is CC(C)c1ccc(CN(C)C(=O)/C=C/c2ccc(N3CCCS3(=O)=O)cc2)cc1. The molecular weight excluding hydrogens is 384 g/mol. The summed E-state index contributed by atoms with van der Waals surface area (Å²) in [6.45, 7) is 5.39. The van der Waals surface area contributed by atoms with Crippen molar-refractivity contribution >= 4 is 27.7 Å². The third-order valence-corrected chi connectivity index (χ3v) is 7.01. The summed E-state index contributed by atoms with van der Waals surface area (Å²) < 4.78 is 25.4. The molecule has 2 aromatic carbocycles. The Balaban J connectivity index is 1.59. The summed E-state index contributed by atoms with van der Waals surface area (Å²) in [6, 6.07) is 15.6. The number of hydrogen-bond acceptors (Lipinski definition) is 3. The first-order chi connectivity index (χ1) is 13.8. The molecule has 5 nitrogen and oxygen atoms in total. The molecule has 0 bridgehead atoms. The molecule has 0 N–H and O–H groups in total. The van der Waals surface area contributed by atoms with Gasteiger partial charge in [-0.2, -0.15) is 0 Å². The first-order valence-corrected chi connectivity index (χ1v) is 11.5. The van der Waals surface area contributed by atoms with Crippen LogP contribution in [0.15, 0.2) is 54.6 Å². The Morgan fingerprint density at radius 2 is 1.76 bits per heavy atom. The summed E-state index contributed by atoms with van der Waals surface area (Å²) in [7, 11) is -1.39. The van der Waals surface area contributed by atoms with Gasteiger partial charge in [0.25, 0.3) is 0 Å². The molecule has 0 atom stereocenters. The Kier molecular flexibility index (Phi) is 6.42. The molecule has 3 rings (SSSR count). The lowest BCUT2D eigenvalue weighted by Crippen LogP contribution is -2.24. The van der Waals surface area contributed by atoms with Crippen molar-refractivity contribution < 1.29 is 13.2 Å². The standard InChI is InChI=1S/C23H28N2O3S/c1-18(2)21-10-5-20(6-11-21)17-24(3)23(26)14-9-19-7-12-22(13-8-19)25-15-4-16-29(25,27)28/h5-14,18H,4,15-17H2,1-3H3/b14-9+. The van der Waals surface area contributed by atoms with Gasteiger partial charge in [0.2, 0.25) is 15.9 Å². The lowest BCUT2D eigenvalue weighted by atomic mass is 10.0. The molecule has 1 aliphatic heterocycles. The van der Waals surface area contributed by atoms with Gasteiger partial charge in [-0.05, 0) is 47.2 Å². The summed E-state index contributed by atoms with van der Waals surface area (Å²) >= 11 is 0. The molecular formula is C23H28N2O3S. The van der Waals surface area contributed by atoms with E-state index in [2.05, 4.69) is 38.1 Å². The van der Waals surface area contributed by atoms with Crippen molar-refractivity contribution in [3.63, 3.8) is 0 Å². The van der Waals surface area contributed by atoms with Crippen LogP contribution < -0.4 is 4.31 Å². The van der Waals surface area contributed by atoms with Crippen LogP contribution in [0.1, 0.15) is 42.9 Å². The van der Waals surface area contributed by atoms with Crippen LogP contribution in [0.25, 0.3) is 6.08 Å². The fraction of sp³-hybridized carbons (Fsp3) is 0.348. The molecule has 0 aromatic heterocycles. The van der Waals surface area contributed by atoms with Crippen molar-refractivity contribution in [3.05, 3.63) is 71.3 Å². The van der Waals surface area contributed by atoms with E-state index in [-0.39, 0.29) is 11.7 Å². The van der Waals surface area contributed by atoms with Crippen molar-refractivity contribution in [1.82, 2.24) is 4.90 Å². The second-order valence-electron chi connectivity index (χ2n) is 7.76. The van der Waals surface area contributed by atoms with Crippen LogP contribution in [0.5, 0.6) is 0 Å². The average molecular weight is 413 g/mol. The monoisotopic (exact) mass is 412 g/mol. The van der Waals surface area contributed by atoms with Gasteiger partial charge in [0.15, 0.2) is 0 Å². The van der Waals surface area contributed by atoms with Crippen LogP contribution >= 0.6 is 0 Å². The van der Waals surface area contributed by atoms with E-state index in [1.165, 1.54) is 9.87 Å². The van der Waals surface area contributed by atoms with Gasteiger partial charge in [-0.25, -0.2) is 8.42 Å². The van der Waals surface area contributed by atoms with Crippen molar-refractivity contribution in [3.8, 4) is 0 Å². The van der Waals surface area contributed by atoms with Crippen molar-refractivity contribution in [2.75, 3.05) is 23.7 Å². The van der Waals surface area contributed by atoms with Crippen LogP contribution in [-0.2, 0) is 21.4 Å². The molecule has 154 valence electrons. The highest BCUT2D eigenvalue weighted by Gasteiger charge is 2.28. The van der Waals surface area contributed by atoms with Gasteiger partial charge in [0, 0.05) is 26.2 Å². The van der Waals surface area contributed by atoms with E-state index < -0.39 is 10.0 Å². The molecule has 1 amide bonds. The van der Waals surface area contributed by atoms with Crippen LogP contribution in [-0.4, -0.2) is 38.6 Å². The van der Waals surface area contributed by atoms with Gasteiger partial charge in [-0.1, -0.05) is 50.2 Å². The van der Waals surface area contributed by atoms with Crippen molar-refractivity contribution in [2.24, 2.45) is 0 Å². The fourth-order valence-electron chi connectivity index (χ4n) is 3.34. The zero-order valence-corrected chi connectivity index (χ0v) is 18.0. The van der Waals surface area contributed by atoms with E-state index in [0.29, 0.717) is 31.1 Å². The first-order valence-electron chi connectivity index (χ1n) is 9.89. The third-order valence-electron chi connectivity index (χ3n) is 5.14. The maximum Gasteiger partial charge on any atom is 0.246 e. The van der Waals surface area contributed by atoms with Crippen molar-refractivity contribution in [1.29, 1.82) is 0 Å². The molecule has 0 unspecified atom stereocenters. The van der Waals surface area contributed by atoms with Crippen LogP contribution in [0, 0.1) is 0 Å². The lowest BCUT2D eigenvalue weighted by Gasteiger charge is -2.17. The zero-order valence-electron chi connectivity index (χ0n) is 17.2. The number of benzene rings is 2. The minimum Gasteiger partial charge on any atom is -0.338 e. The maximum absolute atomic E-state index is 12.4. The van der Waals surface area contributed by atoms with Crippen molar-refractivity contribution in [2.45, 2.75) is 32.7 Å². The number of nitrogens with zero attached hydrogens (tertiary/aromatic N) is 2. The Hall–Kier alpha value is -2.60. The molecule has 0 aliphatic carbocycles. The molecule has 0 saturated carbocycles. The van der Waals surface area contributed by atoms with Crippen LogP contribution in [0.4, 0.5) is 5.69 Å². The molecule has 6 heteroatoms. The second kappa shape index (κ2) is 8.82. The number of carbonyl (C=O) groups is 1. The topological polar surface area (TPSA) is 57.7 Å². The van der Waals surface area contributed by atoms with Gasteiger partial charge in [-0.3, -0.25) is 9.10 Å². The van der Waals surface area contributed by atoms with E-state index >= 15 is 0 Å². The Morgan fingerprint density at radius 3 is 2.31 bits per heavy atom. The van der Waals surface area contributed by atoms with E-state index in [1.54, 1.807) is 36.2 Å². The molecule has 0 radical (unpaired) electrons. The smallest absolute Gasteiger partial charge is 0.246 e. The van der Waals surface area contributed by atoms with Gasteiger partial charge in [-0.15, -0.1) is 0 Å². The zero-order chi connectivity index (χ0) is 21.0. The number of sulfonamides is 1. The second-order valence-corrected chi connectivity index (χ2v) is 9.77. The molecule has 1 saturated heterocycles. The van der Waals surface area contributed by atoms with Crippen LogP contribution in [0.2, 0.25) is 0 Å². The van der Waals surface area contributed by atoms with E-state index in [9.17, 15) is 13.2 Å². The highest BCUT2D eigenvalue weighted by molar-refractivity contribution is 7.93. The number of hydrogen-bond donors (Lipinski definition) is 0. The highest BCUT2D eigenvalue weighted by Crippen LogP contribution is 2.24. The largest absolute Gasteiger partial charge is 0.338 e. The average Bonchev–Trinajstić information content (AvgIpc) is 3.06. The predicted molar refractivity (Wildman–Crippen MR) is 118 cm³/mol. The number of rotatable bonds is 6. The van der Waals surface area contributed by atoms with Gasteiger partial charge >= 0.3 is 0 Å². The van der Waals surface area contributed by atoms with Gasteiger partial charge in [0.1, 0.15) is 0 Å². The Morgan fingerprint density at radius 1 is 1.10 bits per heavy atom. The summed E-state index contributed by atoms with van der Waals surface area (Å²) in [5, 5.41) is 0. The van der Waals surface area contributed by atoms with E-state index in [4.69, 9.17) is 0 Å². The predicted octanol–water partition coefficient (Wildman–Crippen LogP) is 4.02. The molecule has 2 aromatic rings. The Bertz CT molecular complexity index is 978. The number of carbonyl (C=O) groups excluding carboxylic acids is 1. The molecule has 0 spiro atoms. The molecule has 1 heterocycles. The molecule has 1 fully saturated rings. The summed E-state index contributed by atoms with van der Waals surface area (Å²) in [6.07, 6.45) is 3.96. The van der Waals surface area contributed by atoms with Crippen LogP contribution in [0.3, 0.4) is 0 Å². The summed E-state index contributed by atoms with van der Waals surface area (Å²) in [5.41, 5.74) is 3.91. The number of anilines is 1. The first kappa shape index (κ1) is 21.1. The quantitative estimate of drug-likeness (QED) is 0.674. The van der Waals surface area contributed by atoms with E-state index in [1.807, 2.05) is 12.1 Å². The van der Waals surface area contributed by atoms with Gasteiger partial charge < -0.3 is 4.90 Å². The molecule has 1 aliphatic rings. The highest BCUT2D eigenvalue weighted by atomic mass is 32.2. The minimum atomic E-state index is -3.17. The third kappa shape index (κ3) is 5.26. The van der Waals surface area contributed by atoms with Gasteiger partial charge in [0.05, 0.1) is 11.4 Å². The van der Waals surface area contributed by atoms with E-state index in [0.717, 1.165) is 11.1 Å². The fourth-order valence-corrected chi connectivity index (χ4v) is 4.90. The number of amides is 1. The normalized spacial score (nSPS) is 15.9. The maximum atomic E-state index is 12.4. The number of likely N-dealkylation sites (N-methyl/N-ethyl adjacent to an activating group) is 1. The lowest BCUT2D eigenvalue weighted by molar-refractivity contribution is -0.125. The minimum absolute atomic E-state index is 0.0795. The summed E-state index contributed by atoms with van der Waals surface area (Å²) in [4.78, 5) is 14.1. The summed E-state index contributed by atoms with van der Waals surface area (Å²) in [5.74, 6) is 0.614. The molecule has 29 heavy (non-hydrogen) atoms.